The van der Waals surface area contributed by atoms with E-state index in [0.717, 1.165) is 5.69 Å². The summed E-state index contributed by atoms with van der Waals surface area (Å²) in [6, 6.07) is 0. The Labute approximate surface area is 93.1 Å². The summed E-state index contributed by atoms with van der Waals surface area (Å²) in [6.07, 6.45) is 0. The summed E-state index contributed by atoms with van der Waals surface area (Å²) in [5.41, 5.74) is 1.37. The van der Waals surface area contributed by atoms with Gasteiger partial charge >= 0.3 is 0 Å². The number of nitrogens with zero attached hydrogens (tertiary/aromatic N) is 1. The summed E-state index contributed by atoms with van der Waals surface area (Å²) in [7, 11) is -3.36. The number of hydrogen-bond acceptors (Lipinski definition) is 4. The van der Waals surface area contributed by atoms with E-state index >= 15 is 0 Å². The van der Waals surface area contributed by atoms with E-state index in [1.807, 2.05) is 13.8 Å². The maximum atomic E-state index is 11.5. The van der Waals surface area contributed by atoms with Gasteiger partial charge in [-0.2, -0.15) is 5.10 Å². The van der Waals surface area contributed by atoms with Gasteiger partial charge in [0, 0.05) is 17.7 Å². The Bertz CT molecular complexity index is 574. The Morgan fingerprint density at radius 3 is 2.62 bits per heavy atom. The fourth-order valence-corrected chi connectivity index (χ4v) is 2.94. The fraction of sp³-hybridized carbons (Fsp3) is 0.556. The molecule has 6 nitrogen and oxygen atoms in total. The van der Waals surface area contributed by atoms with Crippen molar-refractivity contribution in [2.45, 2.75) is 32.1 Å². The topological polar surface area (TPSA) is 91.9 Å². The lowest BCUT2D eigenvalue weighted by atomic mass is 10.0. The molecule has 0 fully saturated rings. The van der Waals surface area contributed by atoms with E-state index < -0.39 is 15.6 Å². The first-order valence-electron chi connectivity index (χ1n) is 4.98. The molecule has 2 N–H and O–H groups in total. The van der Waals surface area contributed by atoms with Crippen LogP contribution in [0.1, 0.15) is 36.6 Å². The normalized spacial score (nSPS) is 18.4. The van der Waals surface area contributed by atoms with E-state index in [9.17, 15) is 13.2 Å². The molecule has 0 unspecified atom stereocenters. The van der Waals surface area contributed by atoms with Crippen LogP contribution >= 0.6 is 0 Å². The lowest BCUT2D eigenvalue weighted by molar-refractivity contribution is 0.571. The van der Waals surface area contributed by atoms with E-state index in [2.05, 4.69) is 14.9 Å². The van der Waals surface area contributed by atoms with Crippen LogP contribution in [0.5, 0.6) is 0 Å². The Morgan fingerprint density at radius 1 is 1.31 bits per heavy atom. The second kappa shape index (κ2) is 3.67. The molecule has 0 atom stereocenters. The van der Waals surface area contributed by atoms with Gasteiger partial charge in [-0.05, 0) is 5.92 Å². The predicted octanol–water partition coefficient (Wildman–Crippen LogP) is -0.174. The molecule has 0 amide bonds. The molecular weight excluding hydrogens is 230 g/mol. The summed E-state index contributed by atoms with van der Waals surface area (Å²) in [4.78, 5) is 11.5. The van der Waals surface area contributed by atoms with Crippen molar-refractivity contribution in [3.63, 3.8) is 0 Å². The number of hydrogen-bond donors (Lipinski definition) is 2. The van der Waals surface area contributed by atoms with Crippen LogP contribution in [0.25, 0.3) is 0 Å². The van der Waals surface area contributed by atoms with Crippen molar-refractivity contribution in [1.82, 2.24) is 14.9 Å². The van der Waals surface area contributed by atoms with Gasteiger partial charge in [-0.1, -0.05) is 13.8 Å². The average Bonchev–Trinajstić information content (AvgIpc) is 2.18. The van der Waals surface area contributed by atoms with Crippen LogP contribution in [0.3, 0.4) is 0 Å². The van der Waals surface area contributed by atoms with Gasteiger partial charge in [0.1, 0.15) is 0 Å². The highest BCUT2D eigenvalue weighted by atomic mass is 32.2. The first-order valence-corrected chi connectivity index (χ1v) is 6.63. The van der Waals surface area contributed by atoms with Crippen molar-refractivity contribution in [2.75, 3.05) is 0 Å². The van der Waals surface area contributed by atoms with Crippen LogP contribution in [0.2, 0.25) is 0 Å². The van der Waals surface area contributed by atoms with Gasteiger partial charge in [-0.15, -0.1) is 0 Å². The van der Waals surface area contributed by atoms with Gasteiger partial charge in [0.15, 0.2) is 0 Å². The number of sulfonamides is 1. The maximum Gasteiger partial charge on any atom is 0.268 e. The minimum Gasteiger partial charge on any atom is -0.268 e. The molecule has 7 heteroatoms. The highest BCUT2D eigenvalue weighted by Gasteiger charge is 2.26. The van der Waals surface area contributed by atoms with Gasteiger partial charge < -0.3 is 0 Å². The standard InChI is InChI=1S/C9H13N3O3S/c1-5(2)8-6-3-10-16(14,15)4-7(6)9(13)12-11-8/h5,10H,3-4H2,1-2H3,(H,12,13). The third kappa shape index (κ3) is 1.88. The number of fused-ring (bicyclic) bond motifs is 1. The highest BCUT2D eigenvalue weighted by molar-refractivity contribution is 7.88. The maximum absolute atomic E-state index is 11.5. The minimum atomic E-state index is -3.36. The molecule has 2 heterocycles. The molecule has 1 aliphatic heterocycles. The first kappa shape index (κ1) is 11.3. The van der Waals surface area contributed by atoms with Gasteiger partial charge in [-0.3, -0.25) is 4.79 Å². The lowest BCUT2D eigenvalue weighted by Gasteiger charge is -2.20. The van der Waals surface area contributed by atoms with Crippen LogP contribution in [-0.2, 0) is 22.3 Å². The van der Waals surface area contributed by atoms with Gasteiger partial charge in [-0.25, -0.2) is 18.2 Å². The molecule has 0 bridgehead atoms. The van der Waals surface area contributed by atoms with Crippen molar-refractivity contribution < 1.29 is 8.42 Å². The molecule has 2 rings (SSSR count). The van der Waals surface area contributed by atoms with Crippen molar-refractivity contribution in [3.05, 3.63) is 27.2 Å². The fourth-order valence-electron chi connectivity index (χ4n) is 1.79. The van der Waals surface area contributed by atoms with Gasteiger partial charge in [0.25, 0.3) is 5.56 Å². The van der Waals surface area contributed by atoms with Crippen LogP contribution in [0, 0.1) is 0 Å². The van der Waals surface area contributed by atoms with Crippen LogP contribution in [-0.4, -0.2) is 18.6 Å². The van der Waals surface area contributed by atoms with Gasteiger partial charge in [0.2, 0.25) is 10.0 Å². The Hall–Kier alpha value is -1.21. The number of rotatable bonds is 1. The summed E-state index contributed by atoms with van der Waals surface area (Å²) in [5, 5.41) is 6.32. The van der Waals surface area contributed by atoms with Crippen LogP contribution in [0.4, 0.5) is 0 Å². The molecule has 0 spiro atoms. The van der Waals surface area contributed by atoms with Crippen molar-refractivity contribution in [3.8, 4) is 0 Å². The Morgan fingerprint density at radius 2 is 2.00 bits per heavy atom. The quantitative estimate of drug-likeness (QED) is 0.716. The van der Waals surface area contributed by atoms with E-state index in [-0.39, 0.29) is 18.2 Å². The molecule has 0 aliphatic carbocycles. The predicted molar refractivity (Wildman–Crippen MR) is 58.4 cm³/mol. The lowest BCUT2D eigenvalue weighted by Crippen LogP contribution is -2.36. The minimum absolute atomic E-state index is 0.146. The number of aromatic nitrogens is 2. The smallest absolute Gasteiger partial charge is 0.268 e. The molecule has 1 aromatic rings. The number of H-pyrrole nitrogens is 1. The summed E-state index contributed by atoms with van der Waals surface area (Å²) >= 11 is 0. The van der Waals surface area contributed by atoms with Crippen molar-refractivity contribution in [1.29, 1.82) is 0 Å². The van der Waals surface area contributed by atoms with Crippen molar-refractivity contribution >= 4 is 10.0 Å². The second-order valence-corrected chi connectivity index (χ2v) is 5.94. The van der Waals surface area contributed by atoms with E-state index in [4.69, 9.17) is 0 Å². The second-order valence-electron chi connectivity index (χ2n) is 4.13. The molecule has 0 aromatic carbocycles. The number of aromatic amines is 1. The molecule has 1 aromatic heterocycles. The monoisotopic (exact) mass is 243 g/mol. The largest absolute Gasteiger partial charge is 0.268 e. The molecule has 88 valence electrons. The summed E-state index contributed by atoms with van der Waals surface area (Å²) < 4.78 is 25.1. The van der Waals surface area contributed by atoms with E-state index in [0.29, 0.717) is 11.1 Å². The Kier molecular flexibility index (Phi) is 2.59. The third-order valence-electron chi connectivity index (χ3n) is 2.58. The zero-order valence-electron chi connectivity index (χ0n) is 9.07. The van der Waals surface area contributed by atoms with Gasteiger partial charge in [0.05, 0.1) is 11.4 Å². The highest BCUT2D eigenvalue weighted by Crippen LogP contribution is 2.21. The Balaban J connectivity index is 2.65. The first-order chi connectivity index (χ1) is 7.41. The van der Waals surface area contributed by atoms with Crippen LogP contribution < -0.4 is 10.3 Å². The van der Waals surface area contributed by atoms with Crippen LogP contribution in [0.15, 0.2) is 4.79 Å². The molecule has 0 saturated carbocycles. The molecule has 16 heavy (non-hydrogen) atoms. The third-order valence-corrected chi connectivity index (χ3v) is 3.83. The molecule has 0 radical (unpaired) electrons. The molecule has 0 saturated heterocycles. The summed E-state index contributed by atoms with van der Waals surface area (Å²) in [5.74, 6) is -0.117. The SMILES string of the molecule is CC(C)c1n[nH]c(=O)c2c1CNS(=O)(=O)C2. The van der Waals surface area contributed by atoms with E-state index in [1.54, 1.807) is 0 Å². The average molecular weight is 243 g/mol. The summed E-state index contributed by atoms with van der Waals surface area (Å²) in [6.45, 7) is 4.05. The van der Waals surface area contributed by atoms with Crippen molar-refractivity contribution in [2.24, 2.45) is 0 Å². The molecular formula is C9H13N3O3S. The zero-order chi connectivity index (χ0) is 11.9. The zero-order valence-corrected chi connectivity index (χ0v) is 9.89. The number of nitrogens with one attached hydrogen (secondary N) is 2. The van der Waals surface area contributed by atoms with E-state index in [1.165, 1.54) is 0 Å². The molecule has 1 aliphatic rings.